The van der Waals surface area contributed by atoms with Crippen LogP contribution in [0.1, 0.15) is 12.7 Å². The van der Waals surface area contributed by atoms with E-state index in [2.05, 4.69) is 0 Å². The van der Waals surface area contributed by atoms with Crippen LogP contribution in [0.3, 0.4) is 0 Å². The highest BCUT2D eigenvalue weighted by Gasteiger charge is 2.10. The Bertz CT molecular complexity index is 256. The van der Waals surface area contributed by atoms with Crippen LogP contribution >= 0.6 is 11.8 Å². The van der Waals surface area contributed by atoms with E-state index < -0.39 is 5.97 Å². The van der Waals surface area contributed by atoms with Gasteiger partial charge in [-0.15, -0.1) is 0 Å². The predicted octanol–water partition coefficient (Wildman–Crippen LogP) is 2.23. The first-order chi connectivity index (χ1) is 6.20. The quantitative estimate of drug-likeness (QED) is 0.791. The molecule has 1 unspecified atom stereocenters. The predicted molar refractivity (Wildman–Crippen MR) is 51.7 cm³/mol. The zero-order valence-electron chi connectivity index (χ0n) is 7.40. The van der Waals surface area contributed by atoms with Gasteiger partial charge in [-0.3, -0.25) is 4.79 Å². The number of carbonyl (C=O) groups is 1. The monoisotopic (exact) mass is 200 g/mol. The van der Waals surface area contributed by atoms with Crippen molar-refractivity contribution in [1.82, 2.24) is 0 Å². The number of hydrogen-bond acceptors (Lipinski definition) is 3. The van der Waals surface area contributed by atoms with E-state index in [1.54, 1.807) is 24.9 Å². The number of rotatable bonds is 5. The summed E-state index contributed by atoms with van der Waals surface area (Å²) in [7, 11) is 0. The summed E-state index contributed by atoms with van der Waals surface area (Å²) in [6, 6.07) is 3.72. The molecule has 1 N–H and O–H groups in total. The largest absolute Gasteiger partial charge is 0.481 e. The first kappa shape index (κ1) is 10.2. The van der Waals surface area contributed by atoms with Crippen molar-refractivity contribution in [2.45, 2.75) is 12.7 Å². The van der Waals surface area contributed by atoms with Crippen LogP contribution in [0.2, 0.25) is 0 Å². The van der Waals surface area contributed by atoms with Crippen LogP contribution in [-0.2, 0) is 10.5 Å². The molecule has 0 radical (unpaired) electrons. The molecule has 1 atom stereocenters. The van der Waals surface area contributed by atoms with Gasteiger partial charge in [0.2, 0.25) is 0 Å². The van der Waals surface area contributed by atoms with Crippen LogP contribution in [0.25, 0.3) is 0 Å². The second-order valence-electron chi connectivity index (χ2n) is 2.83. The van der Waals surface area contributed by atoms with Gasteiger partial charge in [0.05, 0.1) is 17.9 Å². The maximum atomic E-state index is 10.5. The van der Waals surface area contributed by atoms with Crippen molar-refractivity contribution >= 4 is 17.7 Å². The Kier molecular flexibility index (Phi) is 3.89. The second kappa shape index (κ2) is 4.97. The Hall–Kier alpha value is -0.900. The molecule has 0 bridgehead atoms. The zero-order chi connectivity index (χ0) is 9.68. The van der Waals surface area contributed by atoms with E-state index in [9.17, 15) is 4.79 Å². The lowest BCUT2D eigenvalue weighted by molar-refractivity contribution is -0.140. The molecule has 0 saturated heterocycles. The minimum absolute atomic E-state index is 0.292. The van der Waals surface area contributed by atoms with Crippen molar-refractivity contribution < 1.29 is 14.3 Å². The molecule has 1 aromatic heterocycles. The van der Waals surface area contributed by atoms with Crippen LogP contribution in [0, 0.1) is 5.92 Å². The summed E-state index contributed by atoms with van der Waals surface area (Å²) in [5.41, 5.74) is 0. The van der Waals surface area contributed by atoms with Crippen molar-refractivity contribution in [1.29, 1.82) is 0 Å². The molecular weight excluding hydrogens is 188 g/mol. The smallest absolute Gasteiger partial charge is 0.307 e. The van der Waals surface area contributed by atoms with E-state index in [0.717, 1.165) is 11.5 Å². The Morgan fingerprint density at radius 1 is 1.77 bits per heavy atom. The molecule has 0 aliphatic heterocycles. The highest BCUT2D eigenvalue weighted by atomic mass is 32.2. The maximum absolute atomic E-state index is 10.5. The van der Waals surface area contributed by atoms with Gasteiger partial charge in [-0.25, -0.2) is 0 Å². The third-order valence-electron chi connectivity index (χ3n) is 1.61. The Morgan fingerprint density at radius 3 is 3.08 bits per heavy atom. The lowest BCUT2D eigenvalue weighted by Gasteiger charge is -2.03. The van der Waals surface area contributed by atoms with E-state index >= 15 is 0 Å². The number of hydrogen-bond donors (Lipinski definition) is 1. The lowest BCUT2D eigenvalue weighted by Crippen LogP contribution is -2.11. The topological polar surface area (TPSA) is 50.4 Å². The average molecular weight is 200 g/mol. The Morgan fingerprint density at radius 2 is 2.54 bits per heavy atom. The summed E-state index contributed by atoms with van der Waals surface area (Å²) in [4.78, 5) is 10.5. The maximum Gasteiger partial charge on any atom is 0.307 e. The van der Waals surface area contributed by atoms with Crippen molar-refractivity contribution in [2.24, 2.45) is 5.92 Å². The molecule has 0 fully saturated rings. The molecule has 1 aromatic rings. The van der Waals surface area contributed by atoms with Gasteiger partial charge in [0.25, 0.3) is 0 Å². The van der Waals surface area contributed by atoms with Crippen molar-refractivity contribution in [3.05, 3.63) is 24.2 Å². The number of carboxylic acid groups (broad SMARTS) is 1. The number of thioether (sulfide) groups is 1. The summed E-state index contributed by atoms with van der Waals surface area (Å²) >= 11 is 1.57. The normalized spacial score (nSPS) is 12.7. The van der Waals surface area contributed by atoms with Crippen LogP contribution < -0.4 is 0 Å². The third kappa shape index (κ3) is 3.55. The van der Waals surface area contributed by atoms with Crippen molar-refractivity contribution in [3.63, 3.8) is 0 Å². The molecule has 1 heterocycles. The molecule has 0 aromatic carbocycles. The first-order valence-corrected chi connectivity index (χ1v) is 5.18. The summed E-state index contributed by atoms with van der Waals surface area (Å²) in [6.07, 6.45) is 1.62. The summed E-state index contributed by atoms with van der Waals surface area (Å²) in [6.45, 7) is 1.71. The molecule has 0 aliphatic carbocycles. The second-order valence-corrected chi connectivity index (χ2v) is 3.86. The van der Waals surface area contributed by atoms with Crippen LogP contribution in [-0.4, -0.2) is 16.8 Å². The van der Waals surface area contributed by atoms with E-state index in [4.69, 9.17) is 9.52 Å². The molecule has 0 saturated carbocycles. The standard InChI is InChI=1S/C9H12O3S/c1-7(9(10)11)5-13-6-8-3-2-4-12-8/h2-4,7H,5-6H2,1H3,(H,10,11). The van der Waals surface area contributed by atoms with Crippen LogP contribution in [0.15, 0.2) is 22.8 Å². The highest BCUT2D eigenvalue weighted by molar-refractivity contribution is 7.98. The fourth-order valence-corrected chi connectivity index (χ4v) is 1.78. The number of furan rings is 1. The van der Waals surface area contributed by atoms with Crippen molar-refractivity contribution in [3.8, 4) is 0 Å². The van der Waals surface area contributed by atoms with Gasteiger partial charge in [-0.2, -0.15) is 11.8 Å². The Balaban J connectivity index is 2.18. The molecule has 1 rings (SSSR count). The summed E-state index contributed by atoms with van der Waals surface area (Å²) in [5, 5.41) is 8.60. The van der Waals surface area contributed by atoms with Gasteiger partial charge in [-0.05, 0) is 12.1 Å². The summed E-state index contributed by atoms with van der Waals surface area (Å²) in [5.74, 6) is 1.22. The highest BCUT2D eigenvalue weighted by Crippen LogP contribution is 2.15. The molecule has 3 nitrogen and oxygen atoms in total. The van der Waals surface area contributed by atoms with Crippen molar-refractivity contribution in [2.75, 3.05) is 5.75 Å². The van der Waals surface area contributed by atoms with Gasteiger partial charge >= 0.3 is 5.97 Å². The molecule has 0 spiro atoms. The zero-order valence-corrected chi connectivity index (χ0v) is 8.21. The van der Waals surface area contributed by atoms with E-state index in [-0.39, 0.29) is 5.92 Å². The van der Waals surface area contributed by atoms with Gasteiger partial charge in [0, 0.05) is 5.75 Å². The lowest BCUT2D eigenvalue weighted by atomic mass is 10.2. The van der Waals surface area contributed by atoms with Gasteiger partial charge in [-0.1, -0.05) is 6.92 Å². The molecule has 13 heavy (non-hydrogen) atoms. The van der Waals surface area contributed by atoms with Crippen LogP contribution in [0.4, 0.5) is 0 Å². The molecule has 0 aliphatic rings. The average Bonchev–Trinajstić information content (AvgIpc) is 2.56. The number of aliphatic carboxylic acids is 1. The minimum atomic E-state index is -0.744. The summed E-state index contributed by atoms with van der Waals surface area (Å²) < 4.78 is 5.11. The van der Waals surface area contributed by atoms with Gasteiger partial charge < -0.3 is 9.52 Å². The third-order valence-corrected chi connectivity index (χ3v) is 2.84. The Labute approximate surface area is 81.1 Å². The SMILES string of the molecule is CC(CSCc1ccco1)C(=O)O. The number of carboxylic acids is 1. The van der Waals surface area contributed by atoms with E-state index in [1.165, 1.54) is 0 Å². The van der Waals surface area contributed by atoms with Crippen LogP contribution in [0.5, 0.6) is 0 Å². The van der Waals surface area contributed by atoms with E-state index in [1.807, 2.05) is 12.1 Å². The fraction of sp³-hybridized carbons (Fsp3) is 0.444. The van der Waals surface area contributed by atoms with Gasteiger partial charge in [0.15, 0.2) is 0 Å². The van der Waals surface area contributed by atoms with E-state index in [0.29, 0.717) is 5.75 Å². The van der Waals surface area contributed by atoms with Gasteiger partial charge in [0.1, 0.15) is 5.76 Å². The first-order valence-electron chi connectivity index (χ1n) is 4.03. The molecule has 0 amide bonds. The minimum Gasteiger partial charge on any atom is -0.481 e. The fourth-order valence-electron chi connectivity index (χ4n) is 0.802. The molecule has 4 heteroatoms. The molecular formula is C9H12O3S. The molecule has 72 valence electrons.